The summed E-state index contributed by atoms with van der Waals surface area (Å²) in [5, 5.41) is 0. The van der Waals surface area contributed by atoms with E-state index < -0.39 is 17.6 Å². The quantitative estimate of drug-likeness (QED) is 0.444. The molecule has 0 aromatic heterocycles. The molecule has 0 aromatic carbocycles. The van der Waals surface area contributed by atoms with Crippen LogP contribution in [0.3, 0.4) is 0 Å². The van der Waals surface area contributed by atoms with Crippen molar-refractivity contribution >= 4 is 17.6 Å². The zero-order chi connectivity index (χ0) is 6.41. The van der Waals surface area contributed by atoms with Crippen LogP contribution in [0, 0.1) is 0 Å². The first-order chi connectivity index (χ1) is 3.41. The Morgan fingerprint density at radius 1 is 1.12 bits per heavy atom. The average Bonchev–Trinajstić information content (AvgIpc) is 1.20. The summed E-state index contributed by atoms with van der Waals surface area (Å²) in [5.74, 6) is 0. The van der Waals surface area contributed by atoms with Crippen molar-refractivity contribution in [2.75, 3.05) is 0 Å². The summed E-state index contributed by atoms with van der Waals surface area (Å²) < 4.78 is 9.36. The van der Waals surface area contributed by atoms with Crippen LogP contribution in [0.4, 0.5) is 0 Å². The second kappa shape index (κ2) is 1.41. The Morgan fingerprint density at radius 3 is 1.50 bits per heavy atom. The van der Waals surface area contributed by atoms with Crippen molar-refractivity contribution in [3.8, 4) is 0 Å². The van der Waals surface area contributed by atoms with E-state index >= 15 is 0 Å². The molecule has 0 aliphatic carbocycles. The Morgan fingerprint density at radius 2 is 1.50 bits per heavy atom. The molecule has 1 rings (SSSR count). The van der Waals surface area contributed by atoms with E-state index in [-0.39, 0.29) is 0 Å². The number of hydrogen-bond donors (Lipinski definition) is 2. The lowest BCUT2D eigenvalue weighted by molar-refractivity contribution is 0.0475. The Labute approximate surface area is 49.4 Å². The van der Waals surface area contributed by atoms with E-state index in [0.29, 0.717) is 0 Å². The number of hydrogen-bond acceptors (Lipinski definition) is 4. The van der Waals surface area contributed by atoms with E-state index in [0.717, 1.165) is 0 Å². The minimum Gasteiger partial charge on any atom is -0.371 e. The Bertz CT molecular complexity index is 88.6. The van der Waals surface area contributed by atoms with Crippen LogP contribution in [-0.4, -0.2) is 27.2 Å². The van der Waals surface area contributed by atoms with Gasteiger partial charge in [0.25, 0.3) is 0 Å². The summed E-state index contributed by atoms with van der Waals surface area (Å²) in [5.41, 5.74) is 0. The molecule has 1 heterocycles. The molecule has 0 atom stereocenters. The second-order valence-electron chi connectivity index (χ2n) is 2.15. The van der Waals surface area contributed by atoms with Gasteiger partial charge in [0.15, 0.2) is 0 Å². The highest BCUT2D eigenvalue weighted by Gasteiger charge is 2.58. The predicted octanol–water partition coefficient (Wildman–Crippen LogP) is -0.845. The van der Waals surface area contributed by atoms with Gasteiger partial charge in [0.1, 0.15) is 0 Å². The van der Waals surface area contributed by atoms with E-state index in [4.69, 9.17) is 9.59 Å². The van der Waals surface area contributed by atoms with Gasteiger partial charge in [0.05, 0.1) is 0 Å². The van der Waals surface area contributed by atoms with Crippen molar-refractivity contribution in [1.82, 2.24) is 0 Å². The summed E-state index contributed by atoms with van der Waals surface area (Å²) in [7, 11) is -5.55. The molecule has 0 bridgehead atoms. The molecule has 8 heavy (non-hydrogen) atoms. The Hall–Kier alpha value is 0.274. The lowest BCUT2D eigenvalue weighted by Crippen LogP contribution is -2.68. The van der Waals surface area contributed by atoms with Gasteiger partial charge >= 0.3 is 17.6 Å². The zero-order valence-corrected chi connectivity index (χ0v) is 6.71. The fraction of sp³-hybridized carbons (Fsp3) is 1.00. The van der Waals surface area contributed by atoms with Gasteiger partial charge < -0.3 is 17.8 Å². The summed E-state index contributed by atoms with van der Waals surface area (Å²) in [6.07, 6.45) is 0. The topological polar surface area (TPSA) is 58.9 Å². The highest BCUT2D eigenvalue weighted by Crippen LogP contribution is 2.25. The van der Waals surface area contributed by atoms with E-state index in [2.05, 4.69) is 8.23 Å². The SMILES string of the molecule is C[Si]1(C)O[Si](O)(O)O1. The third-order valence-corrected chi connectivity index (χ3v) is 6.82. The molecule has 1 fully saturated rings. The first-order valence-electron chi connectivity index (χ1n) is 2.26. The normalized spacial score (nSPS) is 31.5. The largest absolute Gasteiger partial charge is 0.656 e. The van der Waals surface area contributed by atoms with Gasteiger partial charge in [0.2, 0.25) is 0 Å². The monoisotopic (exact) mass is 152 g/mol. The first kappa shape index (κ1) is 6.39. The summed E-state index contributed by atoms with van der Waals surface area (Å²) in [4.78, 5) is 17.1. The molecule has 1 aliphatic heterocycles. The van der Waals surface area contributed by atoms with Crippen LogP contribution in [0.25, 0.3) is 0 Å². The molecule has 6 heteroatoms. The molecule has 0 aromatic rings. The van der Waals surface area contributed by atoms with Crippen LogP contribution in [0.5, 0.6) is 0 Å². The third-order valence-electron chi connectivity index (χ3n) is 0.757. The van der Waals surface area contributed by atoms with Crippen molar-refractivity contribution in [2.45, 2.75) is 13.1 Å². The molecule has 0 amide bonds. The van der Waals surface area contributed by atoms with Gasteiger partial charge in [-0.2, -0.15) is 0 Å². The van der Waals surface area contributed by atoms with Gasteiger partial charge in [-0.1, -0.05) is 0 Å². The molecule has 0 unspecified atom stereocenters. The molecule has 0 radical (unpaired) electrons. The smallest absolute Gasteiger partial charge is 0.371 e. The molecule has 0 spiro atoms. The molecule has 1 aliphatic rings. The average molecular weight is 152 g/mol. The van der Waals surface area contributed by atoms with Crippen LogP contribution in [0.15, 0.2) is 0 Å². The minimum absolute atomic E-state index is 1.75. The fourth-order valence-corrected chi connectivity index (χ4v) is 5.83. The Kier molecular flexibility index (Phi) is 1.12. The van der Waals surface area contributed by atoms with Crippen molar-refractivity contribution in [2.24, 2.45) is 0 Å². The molecule has 48 valence electrons. The maximum atomic E-state index is 8.53. The lowest BCUT2D eigenvalue weighted by Gasteiger charge is -2.40. The van der Waals surface area contributed by atoms with Crippen LogP contribution in [0.1, 0.15) is 0 Å². The van der Waals surface area contributed by atoms with Crippen LogP contribution in [0.2, 0.25) is 13.1 Å². The molecule has 2 N–H and O–H groups in total. The highest BCUT2D eigenvalue weighted by atomic mass is 28.5. The van der Waals surface area contributed by atoms with Crippen LogP contribution < -0.4 is 0 Å². The van der Waals surface area contributed by atoms with Crippen molar-refractivity contribution in [3.05, 3.63) is 0 Å². The zero-order valence-electron chi connectivity index (χ0n) is 4.71. The molecule has 1 saturated heterocycles. The molecular formula is C2H8O4Si2. The second-order valence-corrected chi connectivity index (χ2v) is 7.68. The third kappa shape index (κ3) is 1.16. The minimum atomic E-state index is -3.52. The lowest BCUT2D eigenvalue weighted by atomic mass is 11.9. The van der Waals surface area contributed by atoms with Gasteiger partial charge in [0, 0.05) is 0 Å². The Balaban J connectivity index is 2.42. The number of rotatable bonds is 0. The predicted molar refractivity (Wildman–Crippen MR) is 29.8 cm³/mol. The van der Waals surface area contributed by atoms with Gasteiger partial charge in [-0.15, -0.1) is 0 Å². The maximum absolute atomic E-state index is 8.53. The van der Waals surface area contributed by atoms with Crippen molar-refractivity contribution in [1.29, 1.82) is 0 Å². The van der Waals surface area contributed by atoms with E-state index in [1.807, 2.05) is 0 Å². The fourth-order valence-electron chi connectivity index (χ4n) is 0.648. The molecule has 4 nitrogen and oxygen atoms in total. The summed E-state index contributed by atoms with van der Waals surface area (Å²) in [6, 6.07) is 0. The first-order valence-corrected chi connectivity index (χ1v) is 6.79. The van der Waals surface area contributed by atoms with Crippen LogP contribution in [-0.2, 0) is 8.23 Å². The standard InChI is InChI=1S/C2H8O4Si2/c1-7(2)5-8(3,4)6-7/h3-4H,1-2H3. The maximum Gasteiger partial charge on any atom is 0.656 e. The van der Waals surface area contributed by atoms with Gasteiger partial charge in [-0.25, -0.2) is 0 Å². The highest BCUT2D eigenvalue weighted by molar-refractivity contribution is 6.86. The van der Waals surface area contributed by atoms with Gasteiger partial charge in [-0.3, -0.25) is 0 Å². The summed E-state index contributed by atoms with van der Waals surface area (Å²) in [6.45, 7) is 3.51. The van der Waals surface area contributed by atoms with Crippen molar-refractivity contribution < 1.29 is 17.8 Å². The van der Waals surface area contributed by atoms with Crippen molar-refractivity contribution in [3.63, 3.8) is 0 Å². The van der Waals surface area contributed by atoms with Gasteiger partial charge in [-0.05, 0) is 13.1 Å². The van der Waals surface area contributed by atoms with E-state index in [1.165, 1.54) is 0 Å². The molecular weight excluding hydrogens is 144 g/mol. The van der Waals surface area contributed by atoms with Crippen LogP contribution >= 0.6 is 0 Å². The van der Waals surface area contributed by atoms with E-state index in [9.17, 15) is 0 Å². The summed E-state index contributed by atoms with van der Waals surface area (Å²) >= 11 is 0. The molecule has 0 saturated carbocycles. The van der Waals surface area contributed by atoms with E-state index in [1.54, 1.807) is 13.1 Å².